The van der Waals surface area contributed by atoms with Gasteiger partial charge in [0.1, 0.15) is 5.75 Å². The van der Waals surface area contributed by atoms with Crippen molar-refractivity contribution in [2.24, 2.45) is 5.41 Å². The zero-order chi connectivity index (χ0) is 18.0. The standard InChI is InChI=1S/C19H25N3O3/c1-13-11-16(18(24)20-17-5-4-10-19(17,2)12-23)21-22(13)14-6-8-15(25-3)9-7-14/h6-9,11,17,23H,4-5,10,12H2,1-3H3,(H,20,24). The topological polar surface area (TPSA) is 76.4 Å². The van der Waals surface area contributed by atoms with Gasteiger partial charge >= 0.3 is 0 Å². The Kier molecular flexibility index (Phi) is 4.81. The molecule has 1 aliphatic carbocycles. The molecule has 134 valence electrons. The van der Waals surface area contributed by atoms with E-state index in [-0.39, 0.29) is 24.0 Å². The maximum atomic E-state index is 12.6. The average molecular weight is 343 g/mol. The molecular formula is C19H25N3O3. The molecule has 1 saturated carbocycles. The van der Waals surface area contributed by atoms with Crippen LogP contribution in [0.2, 0.25) is 0 Å². The van der Waals surface area contributed by atoms with E-state index in [1.54, 1.807) is 17.9 Å². The number of aryl methyl sites for hydroxylation is 1. The Bertz CT molecular complexity index is 754. The van der Waals surface area contributed by atoms with Gasteiger partial charge < -0.3 is 15.2 Å². The highest BCUT2D eigenvalue weighted by atomic mass is 16.5. The third kappa shape index (κ3) is 3.39. The summed E-state index contributed by atoms with van der Waals surface area (Å²) in [6.07, 6.45) is 2.83. The minimum absolute atomic E-state index is 0.0172. The largest absolute Gasteiger partial charge is 0.497 e. The molecule has 1 aliphatic rings. The molecule has 3 rings (SSSR count). The molecule has 0 saturated heterocycles. The van der Waals surface area contributed by atoms with Crippen molar-refractivity contribution in [3.8, 4) is 11.4 Å². The number of hydrogen-bond donors (Lipinski definition) is 2. The SMILES string of the molecule is COc1ccc(-n2nc(C(=O)NC3CCCC3(C)CO)cc2C)cc1. The lowest BCUT2D eigenvalue weighted by atomic mass is 9.86. The van der Waals surface area contributed by atoms with Gasteiger partial charge in [-0.15, -0.1) is 0 Å². The summed E-state index contributed by atoms with van der Waals surface area (Å²) < 4.78 is 6.91. The molecule has 1 aromatic heterocycles. The van der Waals surface area contributed by atoms with Gasteiger partial charge in [0.2, 0.25) is 0 Å². The van der Waals surface area contributed by atoms with Gasteiger partial charge in [-0.05, 0) is 50.1 Å². The Morgan fingerprint density at radius 1 is 1.44 bits per heavy atom. The van der Waals surface area contributed by atoms with E-state index in [4.69, 9.17) is 4.74 Å². The van der Waals surface area contributed by atoms with Crippen LogP contribution in [-0.4, -0.2) is 40.6 Å². The number of ether oxygens (including phenoxy) is 1. The Labute approximate surface area is 147 Å². The van der Waals surface area contributed by atoms with E-state index in [1.165, 1.54) is 0 Å². The molecule has 1 amide bonds. The van der Waals surface area contributed by atoms with Crippen LogP contribution in [0.25, 0.3) is 5.69 Å². The number of carbonyl (C=O) groups excluding carboxylic acids is 1. The van der Waals surface area contributed by atoms with Crippen molar-refractivity contribution in [2.75, 3.05) is 13.7 Å². The average Bonchev–Trinajstić information content (AvgIpc) is 3.19. The smallest absolute Gasteiger partial charge is 0.272 e. The number of aliphatic hydroxyl groups is 1. The van der Waals surface area contributed by atoms with Crippen LogP contribution in [0.15, 0.2) is 30.3 Å². The molecule has 1 aromatic carbocycles. The van der Waals surface area contributed by atoms with E-state index in [2.05, 4.69) is 10.4 Å². The molecule has 0 bridgehead atoms. The molecule has 6 nitrogen and oxygen atoms in total. The summed E-state index contributed by atoms with van der Waals surface area (Å²) >= 11 is 0. The van der Waals surface area contributed by atoms with Crippen molar-refractivity contribution in [1.82, 2.24) is 15.1 Å². The van der Waals surface area contributed by atoms with Crippen molar-refractivity contribution in [3.63, 3.8) is 0 Å². The van der Waals surface area contributed by atoms with E-state index in [1.807, 2.05) is 38.1 Å². The molecular weight excluding hydrogens is 318 g/mol. The van der Waals surface area contributed by atoms with Gasteiger partial charge in [-0.2, -0.15) is 5.10 Å². The molecule has 2 N–H and O–H groups in total. The van der Waals surface area contributed by atoms with E-state index in [9.17, 15) is 9.90 Å². The fraction of sp³-hybridized carbons (Fsp3) is 0.474. The first-order chi connectivity index (χ1) is 12.0. The second-order valence-corrected chi connectivity index (χ2v) is 7.01. The maximum absolute atomic E-state index is 12.6. The Hall–Kier alpha value is -2.34. The molecule has 0 aliphatic heterocycles. The van der Waals surface area contributed by atoms with Crippen molar-refractivity contribution in [2.45, 2.75) is 39.2 Å². The summed E-state index contributed by atoms with van der Waals surface area (Å²) in [5.41, 5.74) is 1.90. The third-order valence-electron chi connectivity index (χ3n) is 5.19. The lowest BCUT2D eigenvalue weighted by Crippen LogP contribution is -2.44. The molecule has 1 fully saturated rings. The van der Waals surface area contributed by atoms with E-state index in [0.717, 1.165) is 36.4 Å². The molecule has 2 aromatic rings. The van der Waals surface area contributed by atoms with Crippen LogP contribution < -0.4 is 10.1 Å². The van der Waals surface area contributed by atoms with E-state index >= 15 is 0 Å². The number of amides is 1. The number of aromatic nitrogens is 2. The monoisotopic (exact) mass is 343 g/mol. The van der Waals surface area contributed by atoms with Crippen LogP contribution in [0.1, 0.15) is 42.4 Å². The van der Waals surface area contributed by atoms with Gasteiger partial charge in [-0.25, -0.2) is 4.68 Å². The summed E-state index contributed by atoms with van der Waals surface area (Å²) in [5.74, 6) is 0.581. The van der Waals surface area contributed by atoms with Gasteiger partial charge in [-0.1, -0.05) is 13.3 Å². The van der Waals surface area contributed by atoms with Crippen LogP contribution in [-0.2, 0) is 0 Å². The second-order valence-electron chi connectivity index (χ2n) is 7.01. The summed E-state index contributed by atoms with van der Waals surface area (Å²) in [4.78, 5) is 12.6. The highest BCUT2D eigenvalue weighted by Crippen LogP contribution is 2.37. The number of aliphatic hydroxyl groups excluding tert-OH is 1. The molecule has 0 spiro atoms. The summed E-state index contributed by atoms with van der Waals surface area (Å²) in [6.45, 7) is 4.02. The van der Waals surface area contributed by atoms with Gasteiger partial charge in [0.05, 0.1) is 19.4 Å². The predicted octanol–water partition coefficient (Wildman–Crippen LogP) is 2.47. The van der Waals surface area contributed by atoms with Crippen LogP contribution in [0.3, 0.4) is 0 Å². The van der Waals surface area contributed by atoms with Crippen LogP contribution >= 0.6 is 0 Å². The van der Waals surface area contributed by atoms with Crippen molar-refractivity contribution < 1.29 is 14.6 Å². The zero-order valence-electron chi connectivity index (χ0n) is 15.0. The maximum Gasteiger partial charge on any atom is 0.272 e. The second kappa shape index (κ2) is 6.88. The zero-order valence-corrected chi connectivity index (χ0v) is 15.0. The normalized spacial score (nSPS) is 22.8. The third-order valence-corrected chi connectivity index (χ3v) is 5.19. The summed E-state index contributed by atoms with van der Waals surface area (Å²) in [6, 6.07) is 9.30. The summed E-state index contributed by atoms with van der Waals surface area (Å²) in [5, 5.41) is 17.1. The van der Waals surface area contributed by atoms with Crippen molar-refractivity contribution >= 4 is 5.91 Å². The quantitative estimate of drug-likeness (QED) is 0.874. The number of benzene rings is 1. The molecule has 1 heterocycles. The Balaban J connectivity index is 1.78. The van der Waals surface area contributed by atoms with Crippen LogP contribution in [0.4, 0.5) is 0 Å². The lowest BCUT2D eigenvalue weighted by molar-refractivity contribution is 0.0825. The number of carbonyl (C=O) groups is 1. The minimum Gasteiger partial charge on any atom is -0.497 e. The number of hydrogen-bond acceptors (Lipinski definition) is 4. The number of nitrogens with one attached hydrogen (secondary N) is 1. The van der Waals surface area contributed by atoms with Gasteiger partial charge in [0.25, 0.3) is 5.91 Å². The van der Waals surface area contributed by atoms with Crippen molar-refractivity contribution in [1.29, 1.82) is 0 Å². The molecule has 2 atom stereocenters. The fourth-order valence-electron chi connectivity index (χ4n) is 3.47. The summed E-state index contributed by atoms with van der Waals surface area (Å²) in [7, 11) is 1.62. The minimum atomic E-state index is -0.247. The first-order valence-electron chi connectivity index (χ1n) is 8.59. The van der Waals surface area contributed by atoms with Gasteiger partial charge in [0.15, 0.2) is 5.69 Å². The van der Waals surface area contributed by atoms with Crippen LogP contribution in [0, 0.1) is 12.3 Å². The van der Waals surface area contributed by atoms with Crippen LogP contribution in [0.5, 0.6) is 5.75 Å². The van der Waals surface area contributed by atoms with Crippen molar-refractivity contribution in [3.05, 3.63) is 41.7 Å². The molecule has 6 heteroatoms. The van der Waals surface area contributed by atoms with E-state index in [0.29, 0.717) is 5.69 Å². The number of methoxy groups -OCH3 is 1. The number of nitrogens with zero attached hydrogens (tertiary/aromatic N) is 2. The Morgan fingerprint density at radius 3 is 2.80 bits per heavy atom. The lowest BCUT2D eigenvalue weighted by Gasteiger charge is -2.29. The van der Waals surface area contributed by atoms with Gasteiger partial charge in [-0.3, -0.25) is 4.79 Å². The Morgan fingerprint density at radius 2 is 2.16 bits per heavy atom. The predicted molar refractivity (Wildman–Crippen MR) is 95.2 cm³/mol. The van der Waals surface area contributed by atoms with Gasteiger partial charge in [0, 0.05) is 17.2 Å². The number of rotatable bonds is 5. The molecule has 0 radical (unpaired) electrons. The first-order valence-corrected chi connectivity index (χ1v) is 8.59. The molecule has 2 unspecified atom stereocenters. The molecule has 25 heavy (non-hydrogen) atoms. The fourth-order valence-corrected chi connectivity index (χ4v) is 3.47. The first kappa shape index (κ1) is 17.5. The highest BCUT2D eigenvalue weighted by molar-refractivity contribution is 5.92. The highest BCUT2D eigenvalue weighted by Gasteiger charge is 2.39. The van der Waals surface area contributed by atoms with E-state index < -0.39 is 0 Å².